The van der Waals surface area contributed by atoms with Crippen LogP contribution in [0.3, 0.4) is 0 Å². The van der Waals surface area contributed by atoms with Crippen molar-refractivity contribution in [2.45, 2.75) is 31.2 Å². The van der Waals surface area contributed by atoms with E-state index in [0.717, 1.165) is 38.1 Å². The van der Waals surface area contributed by atoms with Crippen molar-refractivity contribution in [1.29, 1.82) is 0 Å². The summed E-state index contributed by atoms with van der Waals surface area (Å²) in [6.07, 6.45) is 3.62. The summed E-state index contributed by atoms with van der Waals surface area (Å²) < 4.78 is 27.4. The molecular weight excluding hydrogens is 404 g/mol. The Balaban J connectivity index is 1.85. The SMILES string of the molecule is Cc1c([N+](=O)[O-])cc(S(=O)(=O)NCc2nccc(N3CCCC3)n2)cc1[N+](=O)[O-]. The summed E-state index contributed by atoms with van der Waals surface area (Å²) in [4.78, 5) is 30.5. The molecule has 1 aromatic carbocycles. The van der Waals surface area contributed by atoms with Crippen LogP contribution in [-0.4, -0.2) is 41.3 Å². The number of sulfonamides is 1. The zero-order valence-electron chi connectivity index (χ0n) is 15.4. The number of nitrogens with zero attached hydrogens (tertiary/aromatic N) is 5. The number of hydrogen-bond donors (Lipinski definition) is 1. The summed E-state index contributed by atoms with van der Waals surface area (Å²) in [5, 5.41) is 22.3. The third-order valence-corrected chi connectivity index (χ3v) is 5.95. The van der Waals surface area contributed by atoms with Crippen LogP contribution < -0.4 is 9.62 Å². The quantitative estimate of drug-likeness (QED) is 0.516. The minimum atomic E-state index is -4.27. The van der Waals surface area contributed by atoms with Gasteiger partial charge in [0.1, 0.15) is 17.2 Å². The highest BCUT2D eigenvalue weighted by atomic mass is 32.2. The molecular formula is C16H18N6O6S. The summed E-state index contributed by atoms with van der Waals surface area (Å²) in [6.45, 7) is 2.65. The molecule has 1 fully saturated rings. The maximum atomic E-state index is 12.6. The minimum Gasteiger partial charge on any atom is -0.357 e. The third kappa shape index (κ3) is 4.46. The molecule has 1 aliphatic rings. The van der Waals surface area contributed by atoms with Crippen molar-refractivity contribution >= 4 is 27.2 Å². The Bertz CT molecular complexity index is 1030. The predicted octanol–water partition coefficient (Wildman–Crippen LogP) is 1.68. The molecule has 0 radical (unpaired) electrons. The van der Waals surface area contributed by atoms with E-state index in [1.807, 2.05) is 0 Å². The van der Waals surface area contributed by atoms with Crippen LogP contribution in [0.4, 0.5) is 17.2 Å². The van der Waals surface area contributed by atoms with Gasteiger partial charge in [-0.3, -0.25) is 20.2 Å². The van der Waals surface area contributed by atoms with E-state index in [4.69, 9.17) is 0 Å². The normalized spacial score (nSPS) is 14.2. The topological polar surface area (TPSA) is 161 Å². The highest BCUT2D eigenvalue weighted by Gasteiger charge is 2.28. The van der Waals surface area contributed by atoms with Gasteiger partial charge < -0.3 is 4.90 Å². The fraction of sp³-hybridized carbons (Fsp3) is 0.375. The van der Waals surface area contributed by atoms with E-state index >= 15 is 0 Å². The van der Waals surface area contributed by atoms with E-state index in [2.05, 4.69) is 19.6 Å². The van der Waals surface area contributed by atoms with E-state index in [1.54, 1.807) is 6.07 Å². The second kappa shape index (κ2) is 8.05. The van der Waals surface area contributed by atoms with Crippen LogP contribution >= 0.6 is 0 Å². The number of benzene rings is 1. The van der Waals surface area contributed by atoms with Gasteiger partial charge in [0.05, 0.1) is 21.3 Å². The largest absolute Gasteiger partial charge is 0.357 e. The molecule has 13 heteroatoms. The number of nitro benzene ring substituents is 2. The molecule has 2 heterocycles. The van der Waals surface area contributed by atoms with E-state index < -0.39 is 36.1 Å². The van der Waals surface area contributed by atoms with Gasteiger partial charge in [0.25, 0.3) is 11.4 Å². The molecule has 1 aromatic heterocycles. The summed E-state index contributed by atoms with van der Waals surface area (Å²) >= 11 is 0. The van der Waals surface area contributed by atoms with Gasteiger partial charge >= 0.3 is 0 Å². The Morgan fingerprint density at radius 1 is 1.14 bits per heavy atom. The Labute approximate surface area is 165 Å². The number of aromatic nitrogens is 2. The van der Waals surface area contributed by atoms with Gasteiger partial charge in [-0.25, -0.2) is 23.1 Å². The standard InChI is InChI=1S/C16H18N6O6S/c1-11-13(21(23)24)8-12(9-14(11)22(25)26)29(27,28)18-10-15-17-5-4-16(19-15)20-6-2-3-7-20/h4-5,8-9,18H,2-3,6-7,10H2,1H3. The van der Waals surface area contributed by atoms with Gasteiger partial charge in [-0.2, -0.15) is 0 Å². The second-order valence-corrected chi connectivity index (χ2v) is 8.22. The number of hydrogen-bond acceptors (Lipinski definition) is 9. The van der Waals surface area contributed by atoms with Crippen molar-refractivity contribution < 1.29 is 18.3 Å². The average Bonchev–Trinajstić information content (AvgIpc) is 3.21. The number of nitrogens with one attached hydrogen (secondary N) is 1. The first-order valence-corrected chi connectivity index (χ1v) is 10.2. The fourth-order valence-electron chi connectivity index (χ4n) is 3.03. The molecule has 2 aromatic rings. The predicted molar refractivity (Wildman–Crippen MR) is 102 cm³/mol. The molecule has 3 rings (SSSR count). The molecule has 1 saturated heterocycles. The zero-order chi connectivity index (χ0) is 21.2. The van der Waals surface area contributed by atoms with Crippen LogP contribution in [0.1, 0.15) is 24.2 Å². The Morgan fingerprint density at radius 2 is 1.72 bits per heavy atom. The Kier molecular flexibility index (Phi) is 5.70. The molecule has 154 valence electrons. The molecule has 0 unspecified atom stereocenters. The van der Waals surface area contributed by atoms with Gasteiger partial charge in [0.15, 0.2) is 0 Å². The summed E-state index contributed by atoms with van der Waals surface area (Å²) in [7, 11) is -4.27. The van der Waals surface area contributed by atoms with Gasteiger partial charge in [0, 0.05) is 31.4 Å². The fourth-order valence-corrected chi connectivity index (χ4v) is 4.05. The molecule has 0 amide bonds. The maximum absolute atomic E-state index is 12.6. The van der Waals surface area contributed by atoms with Crippen LogP contribution in [-0.2, 0) is 16.6 Å². The smallest absolute Gasteiger partial charge is 0.280 e. The van der Waals surface area contributed by atoms with Crippen molar-refractivity contribution in [3.63, 3.8) is 0 Å². The summed E-state index contributed by atoms with van der Waals surface area (Å²) in [6, 6.07) is 3.33. The molecule has 0 bridgehead atoms. The Hall–Kier alpha value is -3.19. The molecule has 0 spiro atoms. The van der Waals surface area contributed by atoms with Crippen LogP contribution in [0.15, 0.2) is 29.3 Å². The molecule has 1 aliphatic heterocycles. The van der Waals surface area contributed by atoms with Gasteiger partial charge in [-0.15, -0.1) is 0 Å². The van der Waals surface area contributed by atoms with Gasteiger partial charge in [-0.05, 0) is 25.8 Å². The van der Waals surface area contributed by atoms with Crippen molar-refractivity contribution in [2.75, 3.05) is 18.0 Å². The summed E-state index contributed by atoms with van der Waals surface area (Å²) in [5.74, 6) is 0.905. The lowest BCUT2D eigenvalue weighted by atomic mass is 10.1. The average molecular weight is 422 g/mol. The molecule has 0 saturated carbocycles. The lowest BCUT2D eigenvalue weighted by molar-refractivity contribution is -0.395. The molecule has 0 aliphatic carbocycles. The summed E-state index contributed by atoms with van der Waals surface area (Å²) in [5.41, 5.74) is -1.51. The molecule has 29 heavy (non-hydrogen) atoms. The molecule has 12 nitrogen and oxygen atoms in total. The first-order valence-electron chi connectivity index (χ1n) is 8.69. The van der Waals surface area contributed by atoms with E-state index in [-0.39, 0.29) is 17.9 Å². The van der Waals surface area contributed by atoms with Crippen molar-refractivity contribution in [3.8, 4) is 0 Å². The van der Waals surface area contributed by atoms with Gasteiger partial charge in [-0.1, -0.05) is 0 Å². The monoisotopic (exact) mass is 422 g/mol. The highest BCUT2D eigenvalue weighted by Crippen LogP contribution is 2.31. The van der Waals surface area contributed by atoms with Crippen LogP contribution in [0, 0.1) is 27.2 Å². The van der Waals surface area contributed by atoms with Gasteiger partial charge in [0.2, 0.25) is 10.0 Å². The number of anilines is 1. The number of nitro groups is 2. The van der Waals surface area contributed by atoms with Crippen molar-refractivity contribution in [1.82, 2.24) is 14.7 Å². The van der Waals surface area contributed by atoms with Crippen LogP contribution in [0.5, 0.6) is 0 Å². The second-order valence-electron chi connectivity index (χ2n) is 6.45. The minimum absolute atomic E-state index is 0.217. The Morgan fingerprint density at radius 3 is 2.28 bits per heavy atom. The lowest BCUT2D eigenvalue weighted by Crippen LogP contribution is -2.25. The molecule has 1 N–H and O–H groups in total. The van der Waals surface area contributed by atoms with E-state index in [1.165, 1.54) is 13.1 Å². The molecule has 0 atom stereocenters. The van der Waals surface area contributed by atoms with E-state index in [9.17, 15) is 28.6 Å². The maximum Gasteiger partial charge on any atom is 0.280 e. The van der Waals surface area contributed by atoms with Crippen molar-refractivity contribution in [2.24, 2.45) is 0 Å². The third-order valence-electron chi connectivity index (χ3n) is 4.57. The van der Waals surface area contributed by atoms with E-state index in [0.29, 0.717) is 5.82 Å². The lowest BCUT2D eigenvalue weighted by Gasteiger charge is -2.16. The zero-order valence-corrected chi connectivity index (χ0v) is 16.3. The van der Waals surface area contributed by atoms with Crippen LogP contribution in [0.25, 0.3) is 0 Å². The highest BCUT2D eigenvalue weighted by molar-refractivity contribution is 7.89. The van der Waals surface area contributed by atoms with Crippen LogP contribution in [0.2, 0.25) is 0 Å². The number of rotatable bonds is 7. The van der Waals surface area contributed by atoms with Crippen molar-refractivity contribution in [3.05, 3.63) is 56.0 Å². The first-order chi connectivity index (χ1) is 13.7. The first kappa shape index (κ1) is 20.5.